The molecule has 22 heavy (non-hydrogen) atoms. The highest BCUT2D eigenvalue weighted by molar-refractivity contribution is 7.09. The van der Waals surface area contributed by atoms with Crippen molar-refractivity contribution in [1.29, 1.82) is 0 Å². The minimum Gasteiger partial charge on any atom is -0.376 e. The zero-order chi connectivity index (χ0) is 15.4. The van der Waals surface area contributed by atoms with Crippen molar-refractivity contribution in [2.45, 2.75) is 25.5 Å². The van der Waals surface area contributed by atoms with Crippen molar-refractivity contribution in [3.05, 3.63) is 51.4 Å². The fraction of sp³-hybridized carbons (Fsp3) is 0.375. The van der Waals surface area contributed by atoms with E-state index in [-0.39, 0.29) is 12.0 Å². The highest BCUT2D eigenvalue weighted by Gasteiger charge is 2.25. The van der Waals surface area contributed by atoms with E-state index < -0.39 is 0 Å². The molecular weight excluding hydrogens is 320 g/mol. The largest absolute Gasteiger partial charge is 0.376 e. The molecule has 0 aromatic carbocycles. The van der Waals surface area contributed by atoms with Crippen LogP contribution in [-0.2, 0) is 11.3 Å². The molecule has 0 bridgehead atoms. The van der Waals surface area contributed by atoms with Crippen molar-refractivity contribution in [3.8, 4) is 0 Å². The molecule has 1 aliphatic rings. The number of carbonyl (C=O) groups excluding carboxylic acids is 1. The molecule has 1 atom stereocenters. The lowest BCUT2D eigenvalue weighted by molar-refractivity contribution is 0.0509. The van der Waals surface area contributed by atoms with Crippen molar-refractivity contribution < 1.29 is 9.53 Å². The van der Waals surface area contributed by atoms with Gasteiger partial charge in [-0.1, -0.05) is 17.7 Å². The molecule has 0 radical (unpaired) electrons. The molecule has 1 aliphatic heterocycles. The molecule has 116 valence electrons. The van der Waals surface area contributed by atoms with E-state index >= 15 is 0 Å². The summed E-state index contributed by atoms with van der Waals surface area (Å²) in [5.41, 5.74) is 0.492. The van der Waals surface area contributed by atoms with Crippen LogP contribution in [0.1, 0.15) is 28.1 Å². The lowest BCUT2D eigenvalue weighted by Crippen LogP contribution is -2.36. The number of carbonyl (C=O) groups is 1. The lowest BCUT2D eigenvalue weighted by Gasteiger charge is -2.25. The Morgan fingerprint density at radius 3 is 3.09 bits per heavy atom. The quantitative estimate of drug-likeness (QED) is 0.837. The second-order valence-electron chi connectivity index (χ2n) is 5.26. The molecule has 0 aliphatic carbocycles. The number of hydrogen-bond donors (Lipinski definition) is 0. The fourth-order valence-corrected chi connectivity index (χ4v) is 3.48. The predicted octanol–water partition coefficient (Wildman–Crippen LogP) is 3.62. The minimum atomic E-state index is -0.0729. The second kappa shape index (κ2) is 7.22. The maximum Gasteiger partial charge on any atom is 0.255 e. The monoisotopic (exact) mass is 336 g/mol. The van der Waals surface area contributed by atoms with Crippen LogP contribution in [0.15, 0.2) is 36.0 Å². The summed E-state index contributed by atoms with van der Waals surface area (Å²) in [4.78, 5) is 19.8. The normalized spacial score (nSPS) is 17.6. The van der Waals surface area contributed by atoms with Crippen molar-refractivity contribution in [3.63, 3.8) is 0 Å². The van der Waals surface area contributed by atoms with Gasteiger partial charge in [0.15, 0.2) is 0 Å². The van der Waals surface area contributed by atoms with Crippen LogP contribution in [0.25, 0.3) is 0 Å². The number of amides is 1. The molecule has 2 aromatic heterocycles. The Bertz CT molecular complexity index is 627. The van der Waals surface area contributed by atoms with Gasteiger partial charge in [0.25, 0.3) is 5.91 Å². The number of pyridine rings is 1. The Kier molecular flexibility index (Phi) is 5.08. The number of rotatable bonds is 5. The summed E-state index contributed by atoms with van der Waals surface area (Å²) < 4.78 is 5.68. The molecule has 4 nitrogen and oxygen atoms in total. The maximum absolute atomic E-state index is 12.8. The SMILES string of the molecule is O=C(c1ccncc1Cl)N(Cc1cccs1)C[C@H]1CCCO1. The number of aromatic nitrogens is 1. The van der Waals surface area contributed by atoms with Gasteiger partial charge in [-0.2, -0.15) is 0 Å². The highest BCUT2D eigenvalue weighted by atomic mass is 35.5. The summed E-state index contributed by atoms with van der Waals surface area (Å²) in [6, 6.07) is 5.70. The number of hydrogen-bond acceptors (Lipinski definition) is 4. The van der Waals surface area contributed by atoms with Crippen LogP contribution >= 0.6 is 22.9 Å². The first-order valence-corrected chi connectivity index (χ1v) is 8.52. The Labute approximate surface area is 138 Å². The van der Waals surface area contributed by atoms with Crippen molar-refractivity contribution in [1.82, 2.24) is 9.88 Å². The molecule has 3 heterocycles. The van der Waals surface area contributed by atoms with E-state index in [2.05, 4.69) is 4.98 Å². The summed E-state index contributed by atoms with van der Waals surface area (Å²) in [5, 5.41) is 2.40. The van der Waals surface area contributed by atoms with E-state index in [9.17, 15) is 4.79 Å². The molecular formula is C16H17ClN2O2S. The van der Waals surface area contributed by atoms with Crippen molar-refractivity contribution >= 4 is 28.8 Å². The van der Waals surface area contributed by atoms with Gasteiger partial charge in [0.1, 0.15) is 0 Å². The number of ether oxygens (including phenoxy) is 1. The molecule has 0 unspecified atom stereocenters. The standard InChI is InChI=1S/C16H17ClN2O2S/c17-15-9-18-6-5-14(15)16(20)19(10-12-3-1-7-21-12)11-13-4-2-8-22-13/h2,4-6,8-9,12H,1,3,7,10-11H2/t12-/m1/s1. The lowest BCUT2D eigenvalue weighted by atomic mass is 10.2. The minimum absolute atomic E-state index is 0.0729. The summed E-state index contributed by atoms with van der Waals surface area (Å²) in [6.07, 6.45) is 5.27. The van der Waals surface area contributed by atoms with Crippen LogP contribution in [0, 0.1) is 0 Å². The number of thiophene rings is 1. The van der Waals surface area contributed by atoms with Gasteiger partial charge in [-0.05, 0) is 30.4 Å². The van der Waals surface area contributed by atoms with Crippen LogP contribution in [0.3, 0.4) is 0 Å². The van der Waals surface area contributed by atoms with Gasteiger partial charge < -0.3 is 9.64 Å². The average molecular weight is 337 g/mol. The van der Waals surface area contributed by atoms with E-state index in [0.29, 0.717) is 23.7 Å². The molecule has 1 amide bonds. The van der Waals surface area contributed by atoms with E-state index in [1.165, 1.54) is 6.20 Å². The first-order chi connectivity index (χ1) is 10.7. The zero-order valence-corrected chi connectivity index (χ0v) is 13.6. The Hall–Kier alpha value is -1.43. The summed E-state index contributed by atoms with van der Waals surface area (Å²) in [6.45, 7) is 1.95. The van der Waals surface area contributed by atoms with E-state index in [1.54, 1.807) is 23.6 Å². The zero-order valence-electron chi connectivity index (χ0n) is 12.1. The molecule has 0 N–H and O–H groups in total. The molecule has 6 heteroatoms. The van der Waals surface area contributed by atoms with Crippen LogP contribution in [0.2, 0.25) is 5.02 Å². The topological polar surface area (TPSA) is 42.4 Å². The van der Waals surface area contributed by atoms with Gasteiger partial charge in [0, 0.05) is 30.4 Å². The van der Waals surface area contributed by atoms with Gasteiger partial charge >= 0.3 is 0 Å². The van der Waals surface area contributed by atoms with Gasteiger partial charge in [-0.3, -0.25) is 9.78 Å². The van der Waals surface area contributed by atoms with Crippen LogP contribution in [0.4, 0.5) is 0 Å². The van der Waals surface area contributed by atoms with Gasteiger partial charge in [0.05, 0.1) is 23.2 Å². The summed E-state index contributed by atoms with van der Waals surface area (Å²) in [5.74, 6) is -0.0729. The van der Waals surface area contributed by atoms with Crippen LogP contribution < -0.4 is 0 Å². The smallest absolute Gasteiger partial charge is 0.255 e. The van der Waals surface area contributed by atoms with Crippen LogP contribution in [-0.4, -0.2) is 35.0 Å². The fourth-order valence-electron chi connectivity index (χ4n) is 2.56. The first kappa shape index (κ1) is 15.5. The molecule has 2 aromatic rings. The van der Waals surface area contributed by atoms with Gasteiger partial charge in [-0.15, -0.1) is 11.3 Å². The molecule has 1 saturated heterocycles. The van der Waals surface area contributed by atoms with Gasteiger partial charge in [0.2, 0.25) is 0 Å². The van der Waals surface area contributed by atoms with Crippen molar-refractivity contribution in [2.75, 3.05) is 13.2 Å². The number of halogens is 1. The molecule has 3 rings (SSSR count). The molecule has 1 fully saturated rings. The van der Waals surface area contributed by atoms with Gasteiger partial charge in [-0.25, -0.2) is 0 Å². The van der Waals surface area contributed by atoms with E-state index in [4.69, 9.17) is 16.3 Å². The maximum atomic E-state index is 12.8. The number of nitrogens with zero attached hydrogens (tertiary/aromatic N) is 2. The van der Waals surface area contributed by atoms with E-state index in [1.807, 2.05) is 22.4 Å². The second-order valence-corrected chi connectivity index (χ2v) is 6.70. The first-order valence-electron chi connectivity index (χ1n) is 7.27. The molecule has 0 spiro atoms. The Balaban J connectivity index is 1.80. The molecule has 0 saturated carbocycles. The third-order valence-corrected chi connectivity index (χ3v) is 4.83. The highest BCUT2D eigenvalue weighted by Crippen LogP contribution is 2.21. The third kappa shape index (κ3) is 3.66. The predicted molar refractivity (Wildman–Crippen MR) is 87.3 cm³/mol. The summed E-state index contributed by atoms with van der Waals surface area (Å²) in [7, 11) is 0. The third-order valence-electron chi connectivity index (χ3n) is 3.66. The summed E-state index contributed by atoms with van der Waals surface area (Å²) >= 11 is 7.77. The van der Waals surface area contributed by atoms with Crippen LogP contribution in [0.5, 0.6) is 0 Å². The van der Waals surface area contributed by atoms with Crippen molar-refractivity contribution in [2.24, 2.45) is 0 Å². The average Bonchev–Trinajstić information content (AvgIpc) is 3.20. The Morgan fingerprint density at radius 2 is 2.41 bits per heavy atom. The van der Waals surface area contributed by atoms with E-state index in [0.717, 1.165) is 24.3 Å². The Morgan fingerprint density at radius 1 is 1.50 bits per heavy atom.